The summed E-state index contributed by atoms with van der Waals surface area (Å²) in [7, 11) is 19.5. The van der Waals surface area contributed by atoms with Crippen molar-refractivity contribution >= 4 is 166 Å². The van der Waals surface area contributed by atoms with Gasteiger partial charge in [-0.1, -0.05) is 270 Å². The molecule has 0 fully saturated rings. The lowest BCUT2D eigenvalue weighted by Gasteiger charge is -2.31. The number of unbranched alkanes of at least 4 members (excludes halogenated alkanes) is 1. The van der Waals surface area contributed by atoms with Gasteiger partial charge in [0.15, 0.2) is 0 Å². The molecule has 0 unspecified atom stereocenters. The molecule has 140 heavy (non-hydrogen) atoms. The van der Waals surface area contributed by atoms with Crippen LogP contribution in [0, 0.1) is 79.4 Å². The Labute approximate surface area is 888 Å². The van der Waals surface area contributed by atoms with Gasteiger partial charge in [0.1, 0.15) is 40.8 Å². The van der Waals surface area contributed by atoms with E-state index >= 15 is 0 Å². The maximum atomic E-state index is 12.0. The first kappa shape index (κ1) is 132. The van der Waals surface area contributed by atoms with Crippen LogP contribution in [0.15, 0.2) is 38.4 Å². The Morgan fingerprint density at radius 1 is 0.207 bits per heavy atom. The van der Waals surface area contributed by atoms with Gasteiger partial charge in [-0.05, 0) is 208 Å². The van der Waals surface area contributed by atoms with E-state index < -0.39 is 0 Å². The standard InChI is InChI=1S/C17H30N2OS.C15H25NOS.C14H24N2OS.C14H23NOS.2C13H22N2OS.2C13H21NOS/c1-7-19(8-2)13-14(16(21)15(13)20)18(6)12-10-9-11-17(3,4)5;1-6-16(7-2)12-11(14(18)13(12)17)9-8-10-15(3,4)5;1-7-15(5)10-11(13(18)12(10)17)16(6)9-8-14(2,3)4;1-6-15(5)11-10(13(17)12(11)16)8-7-9-14(2,3)4;1-13(2,3)7-8-15(6)10-9(14(4)5)11(16)12(10)17;1-6-14-9-10(12(17)11(9)16)15(5)8-7-13(2,3)4;1-13(2,3)8-6-7-9-10(14(4)5)11(15)12(9)16;1-5-14-10-9(12(16)11(10)15)7-6-8-13(2,3)4/h7-12H2,1-6H3;6-10H2,1-5H3;7-9H2,1-6H3;6-9H2,1-5H3;7-8H2,1-6H3;14H,6-8H2,1-5H3;6-8H2,1-5H3;14H,5-8H2,1-4H3. The minimum atomic E-state index is -0.0144. The predicted molar refractivity (Wildman–Crippen MR) is 638 cm³/mol. The maximum absolute atomic E-state index is 12.0. The molecule has 792 valence electrons. The Hall–Kier alpha value is -6.40. The highest BCUT2D eigenvalue weighted by Crippen LogP contribution is 2.38. The van der Waals surface area contributed by atoms with E-state index in [1.54, 1.807) is 0 Å². The molecule has 8 aromatic rings. The van der Waals surface area contributed by atoms with Crippen LogP contribution < -0.4 is 103 Å². The third-order valence-corrected chi connectivity index (χ3v) is 28.3. The van der Waals surface area contributed by atoms with Crippen LogP contribution in [0.1, 0.15) is 334 Å². The van der Waals surface area contributed by atoms with Gasteiger partial charge >= 0.3 is 0 Å². The zero-order chi connectivity index (χ0) is 109. The molecule has 0 atom stereocenters. The number of nitrogens with one attached hydrogen (secondary N) is 2. The first-order valence-electron chi connectivity index (χ1n) is 51.2. The monoisotopic (exact) mass is 2090 g/mol. The molecule has 0 spiro atoms. The molecule has 0 radical (unpaired) electrons. The van der Waals surface area contributed by atoms with Gasteiger partial charge in [-0.3, -0.25) is 38.4 Å². The molecule has 8 rings (SSSR count). The SMILES string of the molecule is CCN(C)c1c(CCCC(C)(C)C)c(=S)c1=O.CCN(C)c1c(N(C)CCC(C)(C)C)c(=S)c1=O.CCN(CC)c1c(CCCC(C)(C)C)c(=S)c1=O.CCN(CC)c1c(N(C)CCCCC(C)(C)C)c(=S)c1=O.CCNc1c(CCCC(C)(C)C)c(=S)c1=O.CCNc1c(N(C)CCC(C)(C)C)c(=S)c1=O.CN(C)c1c(CCCC(C)(C)C)c(=S)c1=O.CN(C)c1c(N(C)CCC(C)(C)C)c(=S)c1=O. The molecule has 2 N–H and O–H groups in total. The van der Waals surface area contributed by atoms with Crippen LogP contribution in [-0.4, -0.2) is 149 Å². The summed E-state index contributed by atoms with van der Waals surface area (Å²) in [6, 6.07) is 0. The quantitative estimate of drug-likeness (QED) is 0.0271. The lowest BCUT2D eigenvalue weighted by Crippen LogP contribution is -2.35. The fourth-order valence-electron chi connectivity index (χ4n) is 16.1. The van der Waals surface area contributed by atoms with E-state index in [1.807, 2.05) is 104 Å². The zero-order valence-corrected chi connectivity index (χ0v) is 102. The van der Waals surface area contributed by atoms with E-state index in [-0.39, 0.29) is 43.4 Å². The van der Waals surface area contributed by atoms with Gasteiger partial charge in [0.2, 0.25) is 43.4 Å². The van der Waals surface area contributed by atoms with Gasteiger partial charge in [0.05, 0.1) is 63.5 Å². The first-order chi connectivity index (χ1) is 64.0. The van der Waals surface area contributed by atoms with E-state index in [4.69, 9.17) is 97.7 Å². The normalized spacial score (nSPS) is 12.0. The molecule has 0 saturated heterocycles. The van der Waals surface area contributed by atoms with E-state index in [0.717, 1.165) is 260 Å². The van der Waals surface area contributed by atoms with Gasteiger partial charge in [0, 0.05) is 171 Å². The average molecular weight is 2090 g/mol. The van der Waals surface area contributed by atoms with Gasteiger partial charge in [0.25, 0.3) is 0 Å². The number of nitrogens with zero attached hydrogens (tertiary/aromatic N) is 10. The topological polar surface area (TPSA) is 193 Å². The molecule has 0 heterocycles. The van der Waals surface area contributed by atoms with Crippen molar-refractivity contribution in [3.8, 4) is 0 Å². The molecule has 0 aliphatic rings. The number of hydrogen-bond acceptors (Lipinski definition) is 28. The van der Waals surface area contributed by atoms with Gasteiger partial charge in [-0.15, -0.1) is 0 Å². The van der Waals surface area contributed by atoms with E-state index in [0.29, 0.717) is 85.1 Å². The second-order valence-electron chi connectivity index (χ2n) is 47.9. The highest BCUT2D eigenvalue weighted by atomic mass is 32.1. The first-order valence-corrected chi connectivity index (χ1v) is 54.5. The molecule has 28 heteroatoms. The van der Waals surface area contributed by atoms with Crippen molar-refractivity contribution in [2.24, 2.45) is 43.3 Å². The molecule has 8 aromatic carbocycles. The Kier molecular flexibility index (Phi) is 54.2. The van der Waals surface area contributed by atoms with E-state index in [1.165, 1.54) is 19.3 Å². The van der Waals surface area contributed by atoms with E-state index in [9.17, 15) is 38.4 Å². The lowest BCUT2D eigenvalue weighted by molar-refractivity contribution is 0.361. The van der Waals surface area contributed by atoms with Crippen molar-refractivity contribution in [1.82, 2.24) is 0 Å². The molecule has 0 aliphatic carbocycles. The van der Waals surface area contributed by atoms with Crippen molar-refractivity contribution in [3.05, 3.63) is 140 Å². The minimum Gasteiger partial charge on any atom is -0.382 e. The second-order valence-corrected chi connectivity index (χ2v) is 51.2. The van der Waals surface area contributed by atoms with Crippen LogP contribution in [0.25, 0.3) is 0 Å². The molecule has 0 amide bonds. The van der Waals surface area contributed by atoms with Gasteiger partial charge in [-0.25, -0.2) is 0 Å². The summed E-state index contributed by atoms with van der Waals surface area (Å²) in [5.74, 6) is 0. The fourth-order valence-corrected chi connectivity index (χ4v) is 18.7. The summed E-state index contributed by atoms with van der Waals surface area (Å²) < 4.78 is 4.18. The van der Waals surface area contributed by atoms with Crippen molar-refractivity contribution in [2.75, 3.05) is 209 Å². The molecule has 0 aliphatic heterocycles. The minimum absolute atomic E-state index is 0.00242. The van der Waals surface area contributed by atoms with Crippen LogP contribution >= 0.6 is 97.7 Å². The Bertz CT molecular complexity index is 5800. The fraction of sp³-hybridized carbons (Fsp3) is 0.714. The maximum Gasteiger partial charge on any atom is 0.224 e. The molecular formula is C112H188N12O8S8. The zero-order valence-electron chi connectivity index (χ0n) is 95.2. The van der Waals surface area contributed by atoms with Crippen molar-refractivity contribution < 1.29 is 0 Å². The van der Waals surface area contributed by atoms with Crippen LogP contribution in [0.3, 0.4) is 0 Å². The molecule has 0 saturated carbocycles. The predicted octanol–water partition coefficient (Wildman–Crippen LogP) is 26.6. The van der Waals surface area contributed by atoms with Crippen molar-refractivity contribution in [3.63, 3.8) is 0 Å². The molecule has 0 bridgehead atoms. The van der Waals surface area contributed by atoms with Gasteiger partial charge in [-0.2, -0.15) is 0 Å². The smallest absolute Gasteiger partial charge is 0.224 e. The number of hydrogen-bond donors (Lipinski definition) is 2. The summed E-state index contributed by atoms with van der Waals surface area (Å²) in [6.45, 7) is 80.4. The molecular weight excluding hydrogens is 1900 g/mol. The third-order valence-electron chi connectivity index (χ3n) is 25.1. The summed E-state index contributed by atoms with van der Waals surface area (Å²) in [5, 5.41) is 6.19. The van der Waals surface area contributed by atoms with Crippen molar-refractivity contribution in [1.29, 1.82) is 0 Å². The van der Waals surface area contributed by atoms with Gasteiger partial charge < -0.3 is 59.6 Å². The van der Waals surface area contributed by atoms with E-state index in [2.05, 4.69) is 248 Å². The Morgan fingerprint density at radius 3 is 0.779 bits per heavy atom. The second kappa shape index (κ2) is 57.6. The Balaban J connectivity index is 0.000000801. The van der Waals surface area contributed by atoms with Crippen LogP contribution in [0.5, 0.6) is 0 Å². The lowest BCUT2D eigenvalue weighted by atomic mass is 9.88. The highest BCUT2D eigenvalue weighted by Gasteiger charge is 2.31. The van der Waals surface area contributed by atoms with Crippen LogP contribution in [0.2, 0.25) is 0 Å². The number of rotatable bonds is 42. The van der Waals surface area contributed by atoms with Crippen LogP contribution in [0.4, 0.5) is 68.2 Å². The summed E-state index contributed by atoms with van der Waals surface area (Å²) >= 11 is 41.2. The van der Waals surface area contributed by atoms with Crippen LogP contribution in [-0.2, 0) is 25.7 Å². The summed E-state index contributed by atoms with van der Waals surface area (Å²) in [4.78, 5) is 114. The number of anilines is 12. The summed E-state index contributed by atoms with van der Waals surface area (Å²) in [6.07, 6.45) is 19.6. The van der Waals surface area contributed by atoms with Crippen molar-refractivity contribution in [2.45, 2.75) is 337 Å². The summed E-state index contributed by atoms with van der Waals surface area (Å²) in [5.41, 5.74) is 17.5. The third kappa shape index (κ3) is 41.1. The molecule has 20 nitrogen and oxygen atoms in total. The average Bonchev–Trinajstić information content (AvgIpc) is 0.749. The largest absolute Gasteiger partial charge is 0.382 e. The molecule has 0 aromatic heterocycles. The highest BCUT2D eigenvalue weighted by molar-refractivity contribution is 7.72. The Morgan fingerprint density at radius 2 is 0.443 bits per heavy atom.